The van der Waals surface area contributed by atoms with Crippen LogP contribution < -0.4 is 0 Å². The van der Waals surface area contributed by atoms with Gasteiger partial charge in [0.2, 0.25) is 11.8 Å². The van der Waals surface area contributed by atoms with Crippen LogP contribution in [0.4, 0.5) is 0 Å². The van der Waals surface area contributed by atoms with Crippen molar-refractivity contribution in [3.8, 4) is 0 Å². The average molecular weight is 314 g/mol. The van der Waals surface area contributed by atoms with E-state index in [0.717, 1.165) is 9.80 Å². The van der Waals surface area contributed by atoms with Gasteiger partial charge in [0, 0.05) is 13.1 Å². The van der Waals surface area contributed by atoms with Crippen LogP contribution in [0.2, 0.25) is 0 Å². The predicted octanol–water partition coefficient (Wildman–Crippen LogP) is -0.328. The minimum Gasteiger partial charge on any atom is -0.481 e. The van der Waals surface area contributed by atoms with Crippen molar-refractivity contribution in [1.29, 1.82) is 0 Å². The van der Waals surface area contributed by atoms with Gasteiger partial charge in [0.25, 0.3) is 0 Å². The van der Waals surface area contributed by atoms with E-state index in [2.05, 4.69) is 0 Å². The molecular formula is C12H14N2O6S. The van der Waals surface area contributed by atoms with Crippen molar-refractivity contribution in [2.45, 2.75) is 25.7 Å². The standard InChI is InChI=1S/C12H14N2O6S/c15-7(16)1-5-13-9(19)12(3-4-12)10(20)14(11(13)21)6-2-8(17)18/h1-6H2,(H,15,16)(H,17,18). The largest absolute Gasteiger partial charge is 0.481 e. The maximum absolute atomic E-state index is 12.3. The molecule has 0 bridgehead atoms. The molecule has 1 heterocycles. The SMILES string of the molecule is O=C(O)CCN1C(=O)C2(CC2)C(=O)N(CCC(=O)O)C1=S. The fourth-order valence-corrected chi connectivity index (χ4v) is 2.64. The first-order chi connectivity index (χ1) is 9.79. The van der Waals surface area contributed by atoms with Crippen LogP contribution in [0.25, 0.3) is 0 Å². The van der Waals surface area contributed by atoms with Crippen molar-refractivity contribution in [3.05, 3.63) is 0 Å². The molecule has 0 radical (unpaired) electrons. The van der Waals surface area contributed by atoms with E-state index in [9.17, 15) is 19.2 Å². The van der Waals surface area contributed by atoms with Gasteiger partial charge in [-0.3, -0.25) is 29.0 Å². The van der Waals surface area contributed by atoms with Crippen molar-refractivity contribution in [2.24, 2.45) is 5.41 Å². The molecule has 0 aromatic rings. The maximum atomic E-state index is 12.3. The smallest absolute Gasteiger partial charge is 0.305 e. The molecule has 2 rings (SSSR count). The summed E-state index contributed by atoms with van der Waals surface area (Å²) in [6, 6.07) is 0. The zero-order valence-electron chi connectivity index (χ0n) is 11.1. The Bertz CT molecular complexity index is 500. The monoisotopic (exact) mass is 314 g/mol. The third-order valence-corrected chi connectivity index (χ3v) is 4.06. The Kier molecular flexibility index (Phi) is 3.95. The van der Waals surface area contributed by atoms with E-state index in [4.69, 9.17) is 22.4 Å². The second kappa shape index (κ2) is 5.40. The van der Waals surface area contributed by atoms with Crippen LogP contribution in [0.5, 0.6) is 0 Å². The quantitative estimate of drug-likeness (QED) is 0.509. The molecule has 8 nitrogen and oxygen atoms in total. The van der Waals surface area contributed by atoms with E-state index >= 15 is 0 Å². The van der Waals surface area contributed by atoms with Crippen molar-refractivity contribution >= 4 is 41.1 Å². The van der Waals surface area contributed by atoms with Crippen LogP contribution in [-0.2, 0) is 19.2 Å². The van der Waals surface area contributed by atoms with Crippen LogP contribution in [0.1, 0.15) is 25.7 Å². The lowest BCUT2D eigenvalue weighted by Gasteiger charge is -2.39. The molecule has 1 saturated carbocycles. The van der Waals surface area contributed by atoms with Crippen molar-refractivity contribution in [3.63, 3.8) is 0 Å². The van der Waals surface area contributed by atoms with Gasteiger partial charge in [-0.1, -0.05) is 0 Å². The molecule has 1 aliphatic heterocycles. The molecular weight excluding hydrogens is 300 g/mol. The zero-order valence-corrected chi connectivity index (χ0v) is 11.9. The molecule has 21 heavy (non-hydrogen) atoms. The lowest BCUT2D eigenvalue weighted by molar-refractivity contribution is -0.149. The Hall–Kier alpha value is -2.03. The number of carbonyl (C=O) groups excluding carboxylic acids is 2. The molecule has 0 unspecified atom stereocenters. The molecule has 2 aliphatic rings. The summed E-state index contributed by atoms with van der Waals surface area (Å²) in [5.74, 6) is -3.09. The molecule has 0 aromatic carbocycles. The predicted molar refractivity (Wildman–Crippen MR) is 72.2 cm³/mol. The summed E-state index contributed by atoms with van der Waals surface area (Å²) in [6.07, 6.45) is 0.201. The second-order valence-electron chi connectivity index (χ2n) is 5.07. The summed E-state index contributed by atoms with van der Waals surface area (Å²) in [4.78, 5) is 48.1. The molecule has 1 saturated heterocycles. The summed E-state index contributed by atoms with van der Waals surface area (Å²) in [6.45, 7) is -0.239. The van der Waals surface area contributed by atoms with E-state index in [1.807, 2.05) is 0 Å². The van der Waals surface area contributed by atoms with Gasteiger partial charge in [0.05, 0.1) is 12.8 Å². The Labute approximate surface area is 125 Å². The second-order valence-corrected chi connectivity index (χ2v) is 5.43. The van der Waals surface area contributed by atoms with Gasteiger partial charge in [-0.05, 0) is 25.1 Å². The van der Waals surface area contributed by atoms with E-state index in [0.29, 0.717) is 12.8 Å². The minimum absolute atomic E-state index is 0.106. The highest BCUT2D eigenvalue weighted by Crippen LogP contribution is 2.51. The number of thiocarbonyl (C=S) groups is 1. The third-order valence-electron chi connectivity index (χ3n) is 3.62. The molecule has 2 amide bonds. The fraction of sp³-hybridized carbons (Fsp3) is 0.583. The van der Waals surface area contributed by atoms with Gasteiger partial charge in [-0.15, -0.1) is 0 Å². The Morgan fingerprint density at radius 1 is 1.00 bits per heavy atom. The molecule has 2 fully saturated rings. The number of carbonyl (C=O) groups is 4. The van der Waals surface area contributed by atoms with Crippen LogP contribution in [0.3, 0.4) is 0 Å². The van der Waals surface area contributed by atoms with E-state index in [1.54, 1.807) is 0 Å². The number of hydrogen-bond acceptors (Lipinski definition) is 5. The summed E-state index contributed by atoms with van der Waals surface area (Å²) in [5, 5.41) is 17.3. The van der Waals surface area contributed by atoms with Crippen molar-refractivity contribution in [1.82, 2.24) is 9.80 Å². The summed E-state index contributed by atoms with van der Waals surface area (Å²) < 4.78 is 0. The lowest BCUT2D eigenvalue weighted by Crippen LogP contribution is -2.61. The Morgan fingerprint density at radius 2 is 1.38 bits per heavy atom. The molecule has 9 heteroatoms. The first-order valence-electron chi connectivity index (χ1n) is 6.41. The van der Waals surface area contributed by atoms with Crippen LogP contribution in [-0.4, -0.2) is 62.0 Å². The first kappa shape index (κ1) is 15.4. The van der Waals surface area contributed by atoms with E-state index in [1.165, 1.54) is 0 Å². The number of hydrogen-bond donors (Lipinski definition) is 2. The van der Waals surface area contributed by atoms with Crippen molar-refractivity contribution in [2.75, 3.05) is 13.1 Å². The molecule has 2 N–H and O–H groups in total. The highest BCUT2D eigenvalue weighted by molar-refractivity contribution is 7.80. The highest BCUT2D eigenvalue weighted by atomic mass is 32.1. The van der Waals surface area contributed by atoms with E-state index in [-0.39, 0.29) is 31.0 Å². The fourth-order valence-electron chi connectivity index (χ4n) is 2.29. The van der Waals surface area contributed by atoms with Crippen LogP contribution in [0, 0.1) is 5.41 Å². The number of rotatable bonds is 6. The van der Waals surface area contributed by atoms with Crippen molar-refractivity contribution < 1.29 is 29.4 Å². The Morgan fingerprint density at radius 3 is 1.67 bits per heavy atom. The summed E-state index contributed by atoms with van der Waals surface area (Å²) >= 11 is 5.06. The molecule has 0 aromatic heterocycles. The molecule has 0 atom stereocenters. The van der Waals surface area contributed by atoms with E-state index < -0.39 is 29.2 Å². The molecule has 114 valence electrons. The van der Waals surface area contributed by atoms with Crippen LogP contribution in [0.15, 0.2) is 0 Å². The summed E-state index contributed by atoms with van der Waals surface area (Å²) in [7, 11) is 0. The first-order valence-corrected chi connectivity index (χ1v) is 6.82. The lowest BCUT2D eigenvalue weighted by atomic mass is 10.0. The van der Waals surface area contributed by atoms with Gasteiger partial charge in [-0.25, -0.2) is 0 Å². The Balaban J connectivity index is 2.19. The van der Waals surface area contributed by atoms with Gasteiger partial charge in [-0.2, -0.15) is 0 Å². The molecule has 1 aliphatic carbocycles. The maximum Gasteiger partial charge on any atom is 0.305 e. The highest BCUT2D eigenvalue weighted by Gasteiger charge is 2.63. The number of aliphatic carboxylic acids is 2. The van der Waals surface area contributed by atoms with Gasteiger partial charge < -0.3 is 10.2 Å². The minimum atomic E-state index is -1.15. The number of carboxylic acid groups (broad SMARTS) is 2. The number of carboxylic acids is 2. The summed E-state index contributed by atoms with van der Waals surface area (Å²) in [5.41, 5.74) is -1.15. The molecule has 1 spiro atoms. The average Bonchev–Trinajstić information content (AvgIpc) is 3.17. The number of nitrogens with zero attached hydrogens (tertiary/aromatic N) is 2. The topological polar surface area (TPSA) is 115 Å². The third kappa shape index (κ3) is 2.73. The zero-order chi connectivity index (χ0) is 15.8. The van der Waals surface area contributed by atoms with Gasteiger partial charge in [0.1, 0.15) is 5.41 Å². The normalized spacial score (nSPS) is 20.1. The van der Waals surface area contributed by atoms with Gasteiger partial charge in [0.15, 0.2) is 5.11 Å². The number of amides is 2. The van der Waals surface area contributed by atoms with Gasteiger partial charge >= 0.3 is 11.9 Å². The van der Waals surface area contributed by atoms with Crippen LogP contribution >= 0.6 is 12.2 Å².